The van der Waals surface area contributed by atoms with E-state index in [2.05, 4.69) is 57.2 Å². The Morgan fingerprint density at radius 2 is 1.71 bits per heavy atom. The molecule has 3 heterocycles. The molecule has 280 valence electrons. The van der Waals surface area contributed by atoms with Gasteiger partial charge in [0, 0.05) is 80.4 Å². The Kier molecular flexibility index (Phi) is 21.8. The van der Waals surface area contributed by atoms with Crippen molar-refractivity contribution in [3.8, 4) is 0 Å². The van der Waals surface area contributed by atoms with Gasteiger partial charge in [0.2, 0.25) is 5.91 Å². The summed E-state index contributed by atoms with van der Waals surface area (Å²) in [7, 11) is 0. The zero-order valence-electron chi connectivity index (χ0n) is 32.7. The van der Waals surface area contributed by atoms with Crippen molar-refractivity contribution in [2.45, 2.75) is 67.7 Å². The summed E-state index contributed by atoms with van der Waals surface area (Å²) in [6.07, 6.45) is 19.7. The summed E-state index contributed by atoms with van der Waals surface area (Å²) in [6.45, 7) is 21.0. The standard InChI is InChI=1S/C36H51N7O.C5H5N.C2H6/c1-6-33(16-11-12-22-41(7-2)23-13-17-35(44)42-24-20-38-21-25-42)31(5)40-36(43-28-39-29(3)26-30(43)4)34(27-37)19-18-32-14-9-8-10-15-32;1-2-4-6-5-3-1;1-2/h6,8-11,14-16,18-19,26-27,37-38H,7,12-13,17,20-25,28H2,1-5H3;1-5H;1-2H3/b16-11-,19-18+,33-6+,36-34-,37-27?,40-31+;;. The number of nitrogens with zero attached hydrogens (tertiary/aromatic N) is 6. The van der Waals surface area contributed by atoms with E-state index in [1.54, 1.807) is 12.4 Å². The smallest absolute Gasteiger partial charge is 0.222 e. The molecule has 2 aliphatic heterocycles. The first-order chi connectivity index (χ1) is 25.4. The topological polar surface area (TPSA) is 100 Å². The third-order valence-electron chi connectivity index (χ3n) is 8.49. The van der Waals surface area contributed by atoms with E-state index < -0.39 is 0 Å². The van der Waals surface area contributed by atoms with Gasteiger partial charge in [0.15, 0.2) is 0 Å². The average molecular weight is 707 g/mol. The second-order valence-corrected chi connectivity index (χ2v) is 12.1. The van der Waals surface area contributed by atoms with Crippen molar-refractivity contribution in [3.05, 3.63) is 120 Å². The summed E-state index contributed by atoms with van der Waals surface area (Å²) in [5.74, 6) is 0.984. The zero-order chi connectivity index (χ0) is 38.0. The number of amides is 1. The molecular weight excluding hydrogens is 645 g/mol. The Bertz CT molecular complexity index is 1520. The van der Waals surface area contributed by atoms with Crippen molar-refractivity contribution in [1.29, 1.82) is 5.41 Å². The highest BCUT2D eigenvalue weighted by molar-refractivity contribution is 6.01. The summed E-state index contributed by atoms with van der Waals surface area (Å²) in [5, 5.41) is 11.6. The second kappa shape index (κ2) is 26.1. The van der Waals surface area contributed by atoms with E-state index in [1.807, 2.05) is 106 Å². The zero-order valence-corrected chi connectivity index (χ0v) is 32.7. The van der Waals surface area contributed by atoms with Gasteiger partial charge >= 0.3 is 0 Å². The van der Waals surface area contributed by atoms with Crippen LogP contribution in [0.1, 0.15) is 73.3 Å². The molecule has 0 bridgehead atoms. The van der Waals surface area contributed by atoms with Crippen LogP contribution in [0.25, 0.3) is 6.08 Å². The molecular formula is C43H62N8O. The van der Waals surface area contributed by atoms with E-state index in [0.717, 1.165) is 86.9 Å². The Balaban J connectivity index is 0.00000104. The maximum absolute atomic E-state index is 12.5. The number of allylic oxidation sites excluding steroid dienone is 7. The summed E-state index contributed by atoms with van der Waals surface area (Å²) in [6, 6.07) is 15.8. The molecule has 1 amide bonds. The van der Waals surface area contributed by atoms with E-state index in [-0.39, 0.29) is 5.91 Å². The lowest BCUT2D eigenvalue weighted by Gasteiger charge is -2.28. The van der Waals surface area contributed by atoms with Gasteiger partial charge in [-0.25, -0.2) is 4.99 Å². The van der Waals surface area contributed by atoms with Crippen LogP contribution in [0, 0.1) is 5.41 Å². The second-order valence-electron chi connectivity index (χ2n) is 12.1. The first-order valence-electron chi connectivity index (χ1n) is 18.7. The molecule has 1 fully saturated rings. The number of carbonyl (C=O) groups excluding carboxylic acids is 1. The summed E-state index contributed by atoms with van der Waals surface area (Å²) >= 11 is 0. The molecule has 0 unspecified atom stereocenters. The molecule has 9 nitrogen and oxygen atoms in total. The third kappa shape index (κ3) is 16.1. The van der Waals surface area contributed by atoms with Gasteiger partial charge in [-0.1, -0.05) is 81.5 Å². The number of hydrogen-bond acceptors (Lipinski definition) is 8. The van der Waals surface area contributed by atoms with Crippen LogP contribution in [-0.2, 0) is 4.79 Å². The van der Waals surface area contributed by atoms with Crippen LogP contribution in [0.3, 0.4) is 0 Å². The predicted molar refractivity (Wildman–Crippen MR) is 222 cm³/mol. The number of pyridine rings is 1. The molecule has 2 aliphatic rings. The molecule has 1 aromatic carbocycles. The fraction of sp³-hybridized carbons (Fsp3) is 0.419. The van der Waals surface area contributed by atoms with Crippen LogP contribution in [0.15, 0.2) is 124 Å². The Morgan fingerprint density at radius 1 is 1.02 bits per heavy atom. The number of nitrogens with one attached hydrogen (secondary N) is 2. The van der Waals surface area contributed by atoms with Gasteiger partial charge < -0.3 is 25.4 Å². The van der Waals surface area contributed by atoms with Gasteiger partial charge in [-0.05, 0) is 89.0 Å². The van der Waals surface area contributed by atoms with Gasteiger partial charge in [-0.2, -0.15) is 0 Å². The Labute approximate surface area is 313 Å². The minimum Gasteiger partial charge on any atom is -0.340 e. The van der Waals surface area contributed by atoms with Crippen molar-refractivity contribution in [3.63, 3.8) is 0 Å². The van der Waals surface area contributed by atoms with E-state index >= 15 is 0 Å². The number of benzene rings is 1. The van der Waals surface area contributed by atoms with Crippen LogP contribution < -0.4 is 5.32 Å². The highest BCUT2D eigenvalue weighted by Gasteiger charge is 2.18. The molecule has 2 aromatic rings. The summed E-state index contributed by atoms with van der Waals surface area (Å²) in [4.78, 5) is 32.5. The number of hydrogen-bond donors (Lipinski definition) is 2. The lowest BCUT2D eigenvalue weighted by molar-refractivity contribution is -0.131. The summed E-state index contributed by atoms with van der Waals surface area (Å²) in [5.41, 5.74) is 5.73. The first-order valence-corrected chi connectivity index (χ1v) is 18.7. The van der Waals surface area contributed by atoms with E-state index in [9.17, 15) is 4.79 Å². The van der Waals surface area contributed by atoms with Crippen molar-refractivity contribution < 1.29 is 4.79 Å². The van der Waals surface area contributed by atoms with E-state index in [1.165, 1.54) is 6.21 Å². The van der Waals surface area contributed by atoms with Gasteiger partial charge in [-0.15, -0.1) is 0 Å². The van der Waals surface area contributed by atoms with Crippen LogP contribution in [0.4, 0.5) is 0 Å². The normalized spacial score (nSPS) is 15.7. The van der Waals surface area contributed by atoms with Gasteiger partial charge in [0.25, 0.3) is 0 Å². The molecule has 0 saturated carbocycles. The minimum atomic E-state index is 0.280. The van der Waals surface area contributed by atoms with Crippen LogP contribution in [-0.4, -0.2) is 95.7 Å². The molecule has 0 aliphatic carbocycles. The fourth-order valence-corrected chi connectivity index (χ4v) is 5.56. The van der Waals surface area contributed by atoms with Crippen molar-refractivity contribution in [2.24, 2.45) is 9.98 Å². The van der Waals surface area contributed by atoms with E-state index in [4.69, 9.17) is 10.4 Å². The molecule has 1 saturated heterocycles. The first kappa shape index (κ1) is 43.4. The van der Waals surface area contributed by atoms with Crippen molar-refractivity contribution >= 4 is 29.6 Å². The maximum atomic E-state index is 12.5. The van der Waals surface area contributed by atoms with Crippen molar-refractivity contribution in [1.82, 2.24) is 25.0 Å². The summed E-state index contributed by atoms with van der Waals surface area (Å²) < 4.78 is 0. The Hall–Kier alpha value is -4.73. The SMILES string of the molecule is C/C=C(\C=C/CCN(CC)CCCC(=O)N1CCNCC1)C(/C)=N/C(=C(C=N)\C=C\c1ccccc1)N1CN=C(C)C=C1C.CC.c1ccncc1. The number of rotatable bonds is 15. The Morgan fingerprint density at radius 3 is 2.29 bits per heavy atom. The minimum absolute atomic E-state index is 0.280. The molecule has 1 aromatic heterocycles. The highest BCUT2D eigenvalue weighted by atomic mass is 16.2. The molecule has 0 radical (unpaired) electrons. The monoisotopic (exact) mass is 707 g/mol. The fourth-order valence-electron chi connectivity index (χ4n) is 5.56. The maximum Gasteiger partial charge on any atom is 0.222 e. The van der Waals surface area contributed by atoms with E-state index in [0.29, 0.717) is 24.5 Å². The lowest BCUT2D eigenvalue weighted by Crippen LogP contribution is -2.46. The van der Waals surface area contributed by atoms with Crippen LogP contribution in [0.2, 0.25) is 0 Å². The molecule has 52 heavy (non-hydrogen) atoms. The van der Waals surface area contributed by atoms with Crippen molar-refractivity contribution in [2.75, 3.05) is 52.5 Å². The van der Waals surface area contributed by atoms with Gasteiger partial charge in [-0.3, -0.25) is 14.8 Å². The molecule has 0 spiro atoms. The quantitative estimate of drug-likeness (QED) is 0.144. The number of piperazine rings is 1. The predicted octanol–water partition coefficient (Wildman–Crippen LogP) is 8.19. The number of aromatic nitrogens is 1. The van der Waals surface area contributed by atoms with Gasteiger partial charge in [0.1, 0.15) is 12.5 Å². The van der Waals surface area contributed by atoms with Crippen LogP contribution in [0.5, 0.6) is 0 Å². The lowest BCUT2D eigenvalue weighted by atomic mass is 10.1. The van der Waals surface area contributed by atoms with Gasteiger partial charge in [0.05, 0.1) is 0 Å². The number of carbonyl (C=O) groups is 1. The molecule has 9 heteroatoms. The third-order valence-corrected chi connectivity index (χ3v) is 8.49. The largest absolute Gasteiger partial charge is 0.340 e. The van der Waals surface area contributed by atoms with Crippen LogP contribution >= 0.6 is 0 Å². The molecule has 0 atom stereocenters. The number of aliphatic imine (C=N–C) groups is 2. The average Bonchev–Trinajstić information content (AvgIpc) is 3.19. The molecule has 4 rings (SSSR count). The highest BCUT2D eigenvalue weighted by Crippen LogP contribution is 2.23. The molecule has 2 N–H and O–H groups in total.